The van der Waals surface area contributed by atoms with Crippen LogP contribution in [0.25, 0.3) is 90.9 Å². The van der Waals surface area contributed by atoms with Gasteiger partial charge in [0.1, 0.15) is 0 Å². The van der Waals surface area contributed by atoms with Crippen molar-refractivity contribution in [3.63, 3.8) is 0 Å². The second-order valence-electron chi connectivity index (χ2n) is 13.9. The van der Waals surface area contributed by atoms with Crippen molar-refractivity contribution in [2.24, 2.45) is 0 Å². The molecule has 2 aliphatic heterocycles. The van der Waals surface area contributed by atoms with Gasteiger partial charge in [-0.15, -0.1) is 0 Å². The first-order chi connectivity index (χ1) is 27.5. The average Bonchev–Trinajstić information content (AvgIpc) is 4.09. The third-order valence-electron chi connectivity index (χ3n) is 10.3. The van der Waals surface area contributed by atoms with E-state index < -0.39 is 0 Å². The molecule has 8 heteroatoms. The Morgan fingerprint density at radius 3 is 0.821 bits per heavy atom. The third-order valence-corrected chi connectivity index (χ3v) is 11.8. The van der Waals surface area contributed by atoms with Crippen LogP contribution in [0.15, 0.2) is 121 Å². The van der Waals surface area contributed by atoms with E-state index in [1.165, 1.54) is 0 Å². The van der Waals surface area contributed by atoms with Crippen LogP contribution >= 0.6 is 50.5 Å². The lowest BCUT2D eigenvalue weighted by molar-refractivity contribution is 1.30. The fraction of sp³-hybridized carbons (Fsp3) is 0.0833. The number of nitrogens with one attached hydrogen (secondary N) is 2. The van der Waals surface area contributed by atoms with E-state index in [4.69, 9.17) is 9.97 Å². The molecular formula is C48H38N4S4. The zero-order valence-corrected chi connectivity index (χ0v) is 33.9. The normalized spacial score (nSPS) is 12.1. The number of aromatic amines is 2. The molecule has 9 rings (SSSR count). The zero-order chi connectivity index (χ0) is 38.2. The molecule has 0 amide bonds. The fourth-order valence-electron chi connectivity index (χ4n) is 7.72. The number of hydrogen-bond donors (Lipinski definition) is 6. The van der Waals surface area contributed by atoms with Crippen LogP contribution in [0.1, 0.15) is 45.0 Å². The molecule has 274 valence electrons. The summed E-state index contributed by atoms with van der Waals surface area (Å²) in [5.41, 5.74) is 20.1. The van der Waals surface area contributed by atoms with Crippen LogP contribution in [0.5, 0.6) is 0 Å². The van der Waals surface area contributed by atoms with Gasteiger partial charge in [0.25, 0.3) is 0 Å². The molecule has 0 saturated carbocycles. The van der Waals surface area contributed by atoms with E-state index in [9.17, 15) is 0 Å². The number of rotatable bonds is 8. The summed E-state index contributed by atoms with van der Waals surface area (Å²) in [7, 11) is 0. The molecule has 0 aliphatic carbocycles. The van der Waals surface area contributed by atoms with Crippen molar-refractivity contribution in [1.29, 1.82) is 0 Å². The van der Waals surface area contributed by atoms with Crippen molar-refractivity contribution in [2.75, 3.05) is 0 Å². The molecule has 2 aliphatic rings. The SMILES string of the molecule is SCc1cccc(-c2c3nc(c(-c4cccc(CS)c4)c4ccc([nH]4)c(-c4cccc(CS)c4)c4nc(c(-c5cccc(CS)c5)c5ccc2[nH]5)C=C4)C=C3)c1. The highest BCUT2D eigenvalue weighted by molar-refractivity contribution is 7.79. The second-order valence-corrected chi connectivity index (χ2v) is 15.2. The first-order valence-electron chi connectivity index (χ1n) is 18.5. The molecule has 0 radical (unpaired) electrons. The molecule has 56 heavy (non-hydrogen) atoms. The number of fused-ring (bicyclic) bond motifs is 8. The summed E-state index contributed by atoms with van der Waals surface area (Å²) in [5.74, 6) is 2.53. The van der Waals surface area contributed by atoms with Crippen LogP contribution in [-0.2, 0) is 23.0 Å². The molecule has 7 aromatic rings. The Morgan fingerprint density at radius 1 is 0.339 bits per heavy atom. The maximum absolute atomic E-state index is 5.45. The number of H-pyrrole nitrogens is 2. The molecule has 4 nitrogen and oxygen atoms in total. The predicted molar refractivity (Wildman–Crippen MR) is 251 cm³/mol. The summed E-state index contributed by atoms with van der Waals surface area (Å²) < 4.78 is 0. The average molecular weight is 799 g/mol. The van der Waals surface area contributed by atoms with E-state index in [2.05, 4.69) is 206 Å². The van der Waals surface area contributed by atoms with Gasteiger partial charge >= 0.3 is 0 Å². The summed E-state index contributed by atoms with van der Waals surface area (Å²) in [6, 6.07) is 42.9. The van der Waals surface area contributed by atoms with Crippen LogP contribution in [0.4, 0.5) is 0 Å². The highest BCUT2D eigenvalue weighted by Gasteiger charge is 2.19. The second kappa shape index (κ2) is 15.8. The molecule has 0 unspecified atom stereocenters. The van der Waals surface area contributed by atoms with Crippen LogP contribution in [0.3, 0.4) is 0 Å². The quantitative estimate of drug-likeness (QED) is 0.0868. The van der Waals surface area contributed by atoms with Gasteiger partial charge in [0.05, 0.1) is 22.8 Å². The van der Waals surface area contributed by atoms with E-state index in [0.717, 1.165) is 112 Å². The van der Waals surface area contributed by atoms with Gasteiger partial charge in [0.2, 0.25) is 0 Å². The summed E-state index contributed by atoms with van der Waals surface area (Å²) in [5, 5.41) is 0. The number of hydrogen-bond acceptors (Lipinski definition) is 6. The Hall–Kier alpha value is -5.12. The largest absolute Gasteiger partial charge is 0.354 e. The maximum atomic E-state index is 5.45. The van der Waals surface area contributed by atoms with Crippen molar-refractivity contribution in [3.8, 4) is 44.5 Å². The summed E-state index contributed by atoms with van der Waals surface area (Å²) in [6.07, 6.45) is 8.54. The molecule has 5 heterocycles. The van der Waals surface area contributed by atoms with Gasteiger partial charge in [-0.3, -0.25) is 0 Å². The van der Waals surface area contributed by atoms with Gasteiger partial charge in [-0.1, -0.05) is 97.1 Å². The topological polar surface area (TPSA) is 57.4 Å². The van der Waals surface area contributed by atoms with Gasteiger partial charge in [-0.2, -0.15) is 50.5 Å². The van der Waals surface area contributed by atoms with E-state index in [-0.39, 0.29) is 0 Å². The first kappa shape index (κ1) is 36.5. The zero-order valence-electron chi connectivity index (χ0n) is 30.4. The van der Waals surface area contributed by atoms with Crippen LogP contribution < -0.4 is 0 Å². The predicted octanol–water partition coefficient (Wildman–Crippen LogP) is 13.0. The molecule has 4 aromatic carbocycles. The summed E-state index contributed by atoms with van der Waals surface area (Å²) in [4.78, 5) is 18.6. The first-order valence-corrected chi connectivity index (χ1v) is 21.0. The van der Waals surface area contributed by atoms with E-state index >= 15 is 0 Å². The van der Waals surface area contributed by atoms with E-state index in [0.29, 0.717) is 23.0 Å². The van der Waals surface area contributed by atoms with Crippen LogP contribution in [-0.4, -0.2) is 19.9 Å². The van der Waals surface area contributed by atoms with E-state index in [1.807, 2.05) is 0 Å². The maximum Gasteiger partial charge on any atom is 0.0737 e. The van der Waals surface area contributed by atoms with Crippen molar-refractivity contribution in [1.82, 2.24) is 19.9 Å². The molecule has 0 saturated heterocycles. The molecule has 0 fully saturated rings. The van der Waals surface area contributed by atoms with Crippen molar-refractivity contribution < 1.29 is 0 Å². The van der Waals surface area contributed by atoms with Gasteiger partial charge in [-0.05, 0) is 93.1 Å². The molecule has 2 N–H and O–H groups in total. The fourth-order valence-corrected chi connectivity index (χ4v) is 8.51. The van der Waals surface area contributed by atoms with Crippen molar-refractivity contribution >= 4 is 96.9 Å². The van der Waals surface area contributed by atoms with E-state index in [1.54, 1.807) is 0 Å². The van der Waals surface area contributed by atoms with Gasteiger partial charge in [-0.25, -0.2) is 9.97 Å². The third kappa shape index (κ3) is 6.96. The van der Waals surface area contributed by atoms with Crippen molar-refractivity contribution in [3.05, 3.63) is 166 Å². The minimum absolute atomic E-state index is 0.633. The molecule has 0 spiro atoms. The lowest BCUT2D eigenvalue weighted by atomic mass is 10.0. The monoisotopic (exact) mass is 798 g/mol. The minimum atomic E-state index is 0.633. The van der Waals surface area contributed by atoms with Gasteiger partial charge in [0.15, 0.2) is 0 Å². The lowest BCUT2D eigenvalue weighted by Crippen LogP contribution is -1.91. The summed E-state index contributed by atoms with van der Waals surface area (Å²) >= 11 is 18.5. The van der Waals surface area contributed by atoms with Crippen LogP contribution in [0.2, 0.25) is 0 Å². The minimum Gasteiger partial charge on any atom is -0.354 e. The number of nitrogens with zero attached hydrogens (tertiary/aromatic N) is 2. The highest BCUT2D eigenvalue weighted by Crippen LogP contribution is 2.39. The molecule has 0 atom stereocenters. The molecule has 3 aromatic heterocycles. The Labute approximate surface area is 348 Å². The summed E-state index contributed by atoms with van der Waals surface area (Å²) in [6.45, 7) is 0. The number of aromatic nitrogens is 4. The molecular weight excluding hydrogens is 761 g/mol. The standard InChI is InChI=1S/C48H38N4S4/c53-25-29-5-1-9-33(21-29)45-37-13-15-39(49-37)46(34-10-2-6-30(22-34)26-54)41-17-19-43(51-41)48(36-12-4-8-32(24-36)28-56)44-20-18-42(52-44)47(40-16-14-38(45)50-40)35-11-3-7-31(23-35)27-55/h1-24,49,52-56H,25-28H2. The Morgan fingerprint density at radius 2 is 0.589 bits per heavy atom. The van der Waals surface area contributed by atoms with Crippen LogP contribution in [0, 0.1) is 0 Å². The Balaban J connectivity index is 1.47. The Bertz CT molecular complexity index is 2500. The Kier molecular flexibility index (Phi) is 10.3. The lowest BCUT2D eigenvalue weighted by Gasteiger charge is -2.09. The molecule has 8 bridgehead atoms. The van der Waals surface area contributed by atoms with Gasteiger partial charge in [0, 0.05) is 67.3 Å². The number of benzene rings is 4. The van der Waals surface area contributed by atoms with Gasteiger partial charge < -0.3 is 9.97 Å². The smallest absolute Gasteiger partial charge is 0.0737 e. The number of thiol groups is 4. The van der Waals surface area contributed by atoms with Crippen molar-refractivity contribution in [2.45, 2.75) is 23.0 Å². The highest BCUT2D eigenvalue weighted by atomic mass is 32.1.